The molecule has 0 saturated carbocycles. The second kappa shape index (κ2) is 4.00. The van der Waals surface area contributed by atoms with Crippen LogP contribution in [0, 0.1) is 20.8 Å². The number of benzene rings is 1. The predicted octanol–water partition coefficient (Wildman–Crippen LogP) is 2.77. The summed E-state index contributed by atoms with van der Waals surface area (Å²) in [5, 5.41) is 3.69. The Labute approximate surface area is 95.3 Å². The number of anilines is 1. The smallest absolute Gasteiger partial charge is 0.163 e. The Morgan fingerprint density at radius 3 is 2.31 bits per heavy atom. The molecule has 0 atom stereocenters. The third-order valence-electron chi connectivity index (χ3n) is 2.85. The molecule has 3 heteroatoms. The minimum absolute atomic E-state index is 0.624. The lowest BCUT2D eigenvalue weighted by Gasteiger charge is -2.09. The number of nitrogens with zero attached hydrogens (tertiary/aromatic N) is 1. The van der Waals surface area contributed by atoms with Crippen molar-refractivity contribution in [1.82, 2.24) is 5.16 Å². The average Bonchev–Trinajstić information content (AvgIpc) is 2.57. The molecule has 0 saturated heterocycles. The largest absolute Gasteiger partial charge is 0.395 e. The summed E-state index contributed by atoms with van der Waals surface area (Å²) < 4.78 is 5.13. The zero-order chi connectivity index (χ0) is 11.7. The van der Waals surface area contributed by atoms with Crippen LogP contribution in [0.3, 0.4) is 0 Å². The predicted molar refractivity (Wildman–Crippen MR) is 64.4 cm³/mol. The van der Waals surface area contributed by atoms with Gasteiger partial charge in [-0.3, -0.25) is 0 Å². The summed E-state index contributed by atoms with van der Waals surface area (Å²) in [7, 11) is 0. The number of aromatic nitrogens is 1. The molecular weight excluding hydrogens is 200 g/mol. The fourth-order valence-electron chi connectivity index (χ4n) is 2.06. The van der Waals surface area contributed by atoms with Crippen molar-refractivity contribution < 1.29 is 4.52 Å². The third kappa shape index (κ3) is 1.94. The average molecular weight is 216 g/mol. The van der Waals surface area contributed by atoms with Gasteiger partial charge in [0.15, 0.2) is 5.76 Å². The van der Waals surface area contributed by atoms with Gasteiger partial charge in [0.05, 0.1) is 11.9 Å². The van der Waals surface area contributed by atoms with E-state index in [4.69, 9.17) is 10.3 Å². The maximum atomic E-state index is 5.76. The summed E-state index contributed by atoms with van der Waals surface area (Å²) >= 11 is 0. The molecule has 0 aliphatic carbocycles. The number of hydrogen-bond acceptors (Lipinski definition) is 3. The molecule has 2 rings (SSSR count). The van der Waals surface area contributed by atoms with Gasteiger partial charge in [-0.2, -0.15) is 0 Å². The van der Waals surface area contributed by atoms with E-state index >= 15 is 0 Å². The van der Waals surface area contributed by atoms with Crippen molar-refractivity contribution in [2.24, 2.45) is 0 Å². The van der Waals surface area contributed by atoms with Crippen LogP contribution in [-0.4, -0.2) is 5.16 Å². The minimum Gasteiger partial charge on any atom is -0.395 e. The van der Waals surface area contributed by atoms with Gasteiger partial charge < -0.3 is 10.3 Å². The molecular formula is C13H16N2O. The molecule has 2 N–H and O–H groups in total. The second-order valence-electron chi connectivity index (χ2n) is 4.26. The monoisotopic (exact) mass is 216 g/mol. The van der Waals surface area contributed by atoms with Gasteiger partial charge >= 0.3 is 0 Å². The lowest BCUT2D eigenvalue weighted by Crippen LogP contribution is -1.98. The first-order valence-corrected chi connectivity index (χ1v) is 5.33. The molecule has 0 fully saturated rings. The topological polar surface area (TPSA) is 52.0 Å². The lowest BCUT2D eigenvalue weighted by molar-refractivity contribution is 0.390. The van der Waals surface area contributed by atoms with Crippen LogP contribution in [-0.2, 0) is 6.42 Å². The maximum absolute atomic E-state index is 5.76. The van der Waals surface area contributed by atoms with Gasteiger partial charge in [-0.1, -0.05) is 22.9 Å². The summed E-state index contributed by atoms with van der Waals surface area (Å²) in [6, 6.07) is 4.35. The van der Waals surface area contributed by atoms with Gasteiger partial charge in [0.25, 0.3) is 0 Å². The highest BCUT2D eigenvalue weighted by molar-refractivity contribution is 5.45. The quantitative estimate of drug-likeness (QED) is 0.839. The molecule has 0 unspecified atom stereocenters. The van der Waals surface area contributed by atoms with Crippen LogP contribution >= 0.6 is 0 Å². The van der Waals surface area contributed by atoms with Gasteiger partial charge in [-0.05, 0) is 37.5 Å². The highest BCUT2D eigenvalue weighted by atomic mass is 16.5. The van der Waals surface area contributed by atoms with E-state index in [2.05, 4.69) is 38.1 Å². The second-order valence-corrected chi connectivity index (χ2v) is 4.26. The third-order valence-corrected chi connectivity index (χ3v) is 2.85. The molecule has 0 aliphatic heterocycles. The van der Waals surface area contributed by atoms with E-state index in [9.17, 15) is 0 Å². The minimum atomic E-state index is 0.624. The van der Waals surface area contributed by atoms with E-state index in [1.54, 1.807) is 6.20 Å². The molecule has 3 nitrogen and oxygen atoms in total. The van der Waals surface area contributed by atoms with E-state index in [1.165, 1.54) is 22.3 Å². The molecule has 0 spiro atoms. The first kappa shape index (κ1) is 10.7. The Morgan fingerprint density at radius 2 is 1.81 bits per heavy atom. The normalized spacial score (nSPS) is 10.7. The first-order chi connectivity index (χ1) is 7.58. The molecule has 0 radical (unpaired) electrons. The van der Waals surface area contributed by atoms with Crippen LogP contribution in [0.2, 0.25) is 0 Å². The summed E-state index contributed by atoms with van der Waals surface area (Å²) in [6.45, 7) is 6.33. The SMILES string of the molecule is Cc1cc(C)c(Cc2oncc2N)c(C)c1. The number of rotatable bonds is 2. The first-order valence-electron chi connectivity index (χ1n) is 5.33. The van der Waals surface area contributed by atoms with Crippen molar-refractivity contribution in [3.63, 3.8) is 0 Å². The number of nitrogen functional groups attached to an aromatic ring is 1. The van der Waals surface area contributed by atoms with E-state index in [-0.39, 0.29) is 0 Å². The molecule has 16 heavy (non-hydrogen) atoms. The Bertz CT molecular complexity index is 491. The zero-order valence-electron chi connectivity index (χ0n) is 9.87. The van der Waals surface area contributed by atoms with Crippen molar-refractivity contribution >= 4 is 5.69 Å². The Hall–Kier alpha value is -1.77. The summed E-state index contributed by atoms with van der Waals surface area (Å²) in [4.78, 5) is 0. The van der Waals surface area contributed by atoms with E-state index < -0.39 is 0 Å². The highest BCUT2D eigenvalue weighted by Crippen LogP contribution is 2.22. The Balaban J connectivity index is 2.39. The fraction of sp³-hybridized carbons (Fsp3) is 0.308. The molecule has 1 aromatic heterocycles. The van der Waals surface area contributed by atoms with Gasteiger partial charge in [-0.15, -0.1) is 0 Å². The van der Waals surface area contributed by atoms with Crippen molar-refractivity contribution in [1.29, 1.82) is 0 Å². The molecule has 0 bridgehead atoms. The summed E-state index contributed by atoms with van der Waals surface area (Å²) in [5.74, 6) is 0.745. The van der Waals surface area contributed by atoms with Gasteiger partial charge in [0.2, 0.25) is 0 Å². The standard InChI is InChI=1S/C13H16N2O/c1-8-4-9(2)11(10(3)5-8)6-13-12(14)7-15-16-13/h4-5,7H,6,14H2,1-3H3. The molecule has 1 heterocycles. The fourth-order valence-corrected chi connectivity index (χ4v) is 2.06. The molecule has 2 aromatic rings. The van der Waals surface area contributed by atoms with Crippen molar-refractivity contribution in [3.05, 3.63) is 46.3 Å². The van der Waals surface area contributed by atoms with Crippen LogP contribution in [0.5, 0.6) is 0 Å². The maximum Gasteiger partial charge on any atom is 0.163 e. The number of aryl methyl sites for hydroxylation is 3. The van der Waals surface area contributed by atoms with Crippen molar-refractivity contribution in [2.45, 2.75) is 27.2 Å². The van der Waals surface area contributed by atoms with Crippen LogP contribution in [0.15, 0.2) is 22.9 Å². The summed E-state index contributed by atoms with van der Waals surface area (Å²) in [6.07, 6.45) is 2.26. The number of hydrogen-bond donors (Lipinski definition) is 1. The van der Waals surface area contributed by atoms with E-state index in [0.717, 1.165) is 5.76 Å². The summed E-state index contributed by atoms with van der Waals surface area (Å²) in [5.41, 5.74) is 11.5. The van der Waals surface area contributed by atoms with Crippen LogP contribution < -0.4 is 5.73 Å². The van der Waals surface area contributed by atoms with Gasteiger partial charge in [0, 0.05) is 6.42 Å². The van der Waals surface area contributed by atoms with Crippen LogP contribution in [0.1, 0.15) is 28.0 Å². The lowest BCUT2D eigenvalue weighted by atomic mass is 9.96. The molecule has 1 aromatic carbocycles. The molecule has 0 amide bonds. The number of nitrogens with two attached hydrogens (primary N) is 1. The highest BCUT2D eigenvalue weighted by Gasteiger charge is 2.10. The van der Waals surface area contributed by atoms with Crippen molar-refractivity contribution in [2.75, 3.05) is 5.73 Å². The Morgan fingerprint density at radius 1 is 1.19 bits per heavy atom. The van der Waals surface area contributed by atoms with Crippen LogP contribution in [0.25, 0.3) is 0 Å². The Kier molecular flexibility index (Phi) is 2.69. The van der Waals surface area contributed by atoms with Crippen LogP contribution in [0.4, 0.5) is 5.69 Å². The van der Waals surface area contributed by atoms with E-state index in [1.807, 2.05) is 0 Å². The molecule has 0 aliphatic rings. The van der Waals surface area contributed by atoms with Crippen molar-refractivity contribution in [3.8, 4) is 0 Å². The van der Waals surface area contributed by atoms with Gasteiger partial charge in [0.1, 0.15) is 0 Å². The van der Waals surface area contributed by atoms with E-state index in [0.29, 0.717) is 12.1 Å². The molecule has 84 valence electrons. The van der Waals surface area contributed by atoms with Gasteiger partial charge in [-0.25, -0.2) is 0 Å². The zero-order valence-corrected chi connectivity index (χ0v) is 9.87.